The molecule has 1 heterocycles. The first kappa shape index (κ1) is 10.8. The molecule has 0 saturated carbocycles. The molecule has 6 nitrogen and oxygen atoms in total. The van der Waals surface area contributed by atoms with Gasteiger partial charge in [-0.1, -0.05) is 0 Å². The summed E-state index contributed by atoms with van der Waals surface area (Å²) in [6, 6.07) is 0. The number of hydrogen-bond donors (Lipinski definition) is 2. The van der Waals surface area contributed by atoms with Gasteiger partial charge in [-0.3, -0.25) is 4.90 Å². The Labute approximate surface area is 81.1 Å². The van der Waals surface area contributed by atoms with Crippen LogP contribution in [0.4, 0.5) is 4.79 Å². The lowest BCUT2D eigenvalue weighted by atomic mass is 10.0. The summed E-state index contributed by atoms with van der Waals surface area (Å²) < 4.78 is 4.70. The largest absolute Gasteiger partial charge is 0.479 e. The van der Waals surface area contributed by atoms with E-state index in [2.05, 4.69) is 0 Å². The maximum absolute atomic E-state index is 11.2. The summed E-state index contributed by atoms with van der Waals surface area (Å²) in [7, 11) is 0. The number of aliphatic carboxylic acids is 1. The van der Waals surface area contributed by atoms with Gasteiger partial charge in [-0.25, -0.2) is 9.59 Å². The molecule has 0 spiro atoms. The Morgan fingerprint density at radius 3 is 2.79 bits per heavy atom. The highest BCUT2D eigenvalue weighted by Gasteiger charge is 2.43. The quantitative estimate of drug-likeness (QED) is 0.655. The number of aliphatic hydroxyl groups is 1. The number of hydrogen-bond acceptors (Lipinski definition) is 4. The van der Waals surface area contributed by atoms with E-state index in [1.807, 2.05) is 0 Å². The Kier molecular flexibility index (Phi) is 2.95. The summed E-state index contributed by atoms with van der Waals surface area (Å²) in [5.41, 5.74) is -1.59. The van der Waals surface area contributed by atoms with Crippen molar-refractivity contribution in [3.05, 3.63) is 0 Å². The fraction of sp³-hybridized carbons (Fsp3) is 0.750. The molecule has 1 rings (SSSR count). The molecule has 0 aromatic heterocycles. The minimum atomic E-state index is -1.59. The van der Waals surface area contributed by atoms with Gasteiger partial charge in [0.15, 0.2) is 5.54 Å². The number of nitrogens with zero attached hydrogens (tertiary/aromatic N) is 1. The van der Waals surface area contributed by atoms with E-state index in [0.29, 0.717) is 19.6 Å². The fourth-order valence-electron chi connectivity index (χ4n) is 1.27. The van der Waals surface area contributed by atoms with Crippen LogP contribution in [0.3, 0.4) is 0 Å². The number of carbonyl (C=O) groups is 2. The summed E-state index contributed by atoms with van der Waals surface area (Å²) >= 11 is 0. The average molecular weight is 203 g/mol. The zero-order valence-corrected chi connectivity index (χ0v) is 7.89. The molecule has 0 radical (unpaired) electrons. The molecule has 14 heavy (non-hydrogen) atoms. The van der Waals surface area contributed by atoms with E-state index in [4.69, 9.17) is 14.9 Å². The minimum absolute atomic E-state index is 0.294. The number of aliphatic hydroxyl groups excluding tert-OH is 1. The van der Waals surface area contributed by atoms with Crippen molar-refractivity contribution < 1.29 is 24.5 Å². The van der Waals surface area contributed by atoms with Crippen molar-refractivity contribution in [2.75, 3.05) is 19.8 Å². The molecule has 1 aliphatic rings. The van der Waals surface area contributed by atoms with Gasteiger partial charge in [-0.2, -0.15) is 0 Å². The normalized spacial score (nSPS) is 21.3. The molecule has 1 unspecified atom stereocenters. The molecule has 1 saturated heterocycles. The summed E-state index contributed by atoms with van der Waals surface area (Å²) in [5, 5.41) is 17.9. The van der Waals surface area contributed by atoms with Gasteiger partial charge in [0.2, 0.25) is 0 Å². The molecule has 0 aliphatic carbocycles. The number of ether oxygens (including phenoxy) is 1. The lowest BCUT2D eigenvalue weighted by Crippen LogP contribution is -2.59. The first-order valence-electron chi connectivity index (χ1n) is 4.31. The lowest BCUT2D eigenvalue weighted by Gasteiger charge is -2.37. The zero-order valence-electron chi connectivity index (χ0n) is 7.89. The van der Waals surface area contributed by atoms with Crippen molar-refractivity contribution in [2.24, 2.45) is 0 Å². The van der Waals surface area contributed by atoms with Crippen molar-refractivity contribution >= 4 is 12.1 Å². The third-order valence-electron chi connectivity index (χ3n) is 2.34. The Bertz CT molecular complexity index is 254. The van der Waals surface area contributed by atoms with Gasteiger partial charge in [-0.15, -0.1) is 0 Å². The van der Waals surface area contributed by atoms with Crippen molar-refractivity contribution in [1.29, 1.82) is 0 Å². The third-order valence-corrected chi connectivity index (χ3v) is 2.34. The Hall–Kier alpha value is -1.30. The van der Waals surface area contributed by atoms with Crippen LogP contribution >= 0.6 is 0 Å². The molecule has 1 amide bonds. The average Bonchev–Trinajstić information content (AvgIpc) is 2.17. The van der Waals surface area contributed by atoms with Crippen molar-refractivity contribution in [1.82, 2.24) is 4.90 Å². The van der Waals surface area contributed by atoms with Gasteiger partial charge in [0.05, 0.1) is 13.2 Å². The molecule has 1 aliphatic heterocycles. The molecule has 6 heteroatoms. The summed E-state index contributed by atoms with van der Waals surface area (Å²) in [6.45, 7) is 1.26. The van der Waals surface area contributed by atoms with Gasteiger partial charge in [-0.05, 0) is 13.3 Å². The molecule has 0 aromatic carbocycles. The summed E-state index contributed by atoms with van der Waals surface area (Å²) in [5.74, 6) is -1.24. The maximum atomic E-state index is 11.2. The summed E-state index contributed by atoms with van der Waals surface area (Å²) in [6.07, 6.45) is -0.107. The van der Waals surface area contributed by atoms with E-state index < -0.39 is 24.2 Å². The molecular weight excluding hydrogens is 190 g/mol. The minimum Gasteiger partial charge on any atom is -0.479 e. The second-order valence-electron chi connectivity index (χ2n) is 3.36. The lowest BCUT2D eigenvalue weighted by molar-refractivity contribution is -0.153. The highest BCUT2D eigenvalue weighted by atomic mass is 16.6. The topological polar surface area (TPSA) is 87.1 Å². The number of amides is 1. The van der Waals surface area contributed by atoms with Crippen LogP contribution < -0.4 is 0 Å². The first-order chi connectivity index (χ1) is 6.52. The molecule has 1 fully saturated rings. The highest BCUT2D eigenvalue weighted by molar-refractivity contribution is 5.84. The van der Waals surface area contributed by atoms with Crippen LogP contribution in [0.5, 0.6) is 0 Å². The Balaban J connectivity index is 2.87. The van der Waals surface area contributed by atoms with Crippen LogP contribution in [0, 0.1) is 0 Å². The van der Waals surface area contributed by atoms with Gasteiger partial charge < -0.3 is 14.9 Å². The number of carbonyl (C=O) groups excluding carboxylic acids is 1. The first-order valence-corrected chi connectivity index (χ1v) is 4.31. The molecular formula is C8H13NO5. The standard InChI is InChI=1S/C8H13NO5/c1-8(5-10,6(11)12)9-3-2-4-14-7(9)13/h10H,2-5H2,1H3,(H,11,12). The molecule has 2 N–H and O–H groups in total. The van der Waals surface area contributed by atoms with Gasteiger partial charge in [0, 0.05) is 6.54 Å². The van der Waals surface area contributed by atoms with E-state index >= 15 is 0 Å². The van der Waals surface area contributed by atoms with Crippen LogP contribution in [-0.2, 0) is 9.53 Å². The van der Waals surface area contributed by atoms with Gasteiger partial charge in [0.25, 0.3) is 0 Å². The summed E-state index contributed by atoms with van der Waals surface area (Å²) in [4.78, 5) is 23.2. The second-order valence-corrected chi connectivity index (χ2v) is 3.36. The van der Waals surface area contributed by atoms with Crippen LogP contribution in [0.1, 0.15) is 13.3 Å². The smallest absolute Gasteiger partial charge is 0.410 e. The number of carboxylic acids is 1. The number of cyclic esters (lactones) is 1. The fourth-order valence-corrected chi connectivity index (χ4v) is 1.27. The zero-order chi connectivity index (χ0) is 10.8. The van der Waals surface area contributed by atoms with E-state index in [0.717, 1.165) is 4.90 Å². The number of rotatable bonds is 3. The van der Waals surface area contributed by atoms with E-state index in [9.17, 15) is 9.59 Å². The Morgan fingerprint density at radius 1 is 1.71 bits per heavy atom. The van der Waals surface area contributed by atoms with Crippen LogP contribution in [-0.4, -0.2) is 52.5 Å². The van der Waals surface area contributed by atoms with Crippen molar-refractivity contribution in [3.8, 4) is 0 Å². The predicted molar refractivity (Wildman–Crippen MR) is 45.8 cm³/mol. The van der Waals surface area contributed by atoms with Crippen molar-refractivity contribution in [2.45, 2.75) is 18.9 Å². The highest BCUT2D eigenvalue weighted by Crippen LogP contribution is 2.19. The van der Waals surface area contributed by atoms with E-state index in [-0.39, 0.29) is 0 Å². The maximum Gasteiger partial charge on any atom is 0.410 e. The third kappa shape index (κ3) is 1.65. The van der Waals surface area contributed by atoms with Crippen LogP contribution in [0.2, 0.25) is 0 Å². The second kappa shape index (κ2) is 3.83. The predicted octanol–water partition coefficient (Wildman–Crippen LogP) is -0.336. The SMILES string of the molecule is CC(CO)(C(=O)O)N1CCCOC1=O. The van der Waals surface area contributed by atoms with Crippen LogP contribution in [0.25, 0.3) is 0 Å². The molecule has 1 atom stereocenters. The Morgan fingerprint density at radius 2 is 2.36 bits per heavy atom. The van der Waals surface area contributed by atoms with E-state index in [1.54, 1.807) is 0 Å². The molecule has 80 valence electrons. The van der Waals surface area contributed by atoms with Crippen molar-refractivity contribution in [3.63, 3.8) is 0 Å². The van der Waals surface area contributed by atoms with Crippen LogP contribution in [0.15, 0.2) is 0 Å². The monoisotopic (exact) mass is 203 g/mol. The van der Waals surface area contributed by atoms with E-state index in [1.165, 1.54) is 6.92 Å². The molecule has 0 bridgehead atoms. The van der Waals surface area contributed by atoms with Gasteiger partial charge >= 0.3 is 12.1 Å². The van der Waals surface area contributed by atoms with Gasteiger partial charge in [0.1, 0.15) is 0 Å². The number of carboxylic acid groups (broad SMARTS) is 1. The molecule has 0 aromatic rings.